The van der Waals surface area contributed by atoms with E-state index in [1.54, 1.807) is 0 Å². The van der Waals surface area contributed by atoms with Gasteiger partial charge in [-0.3, -0.25) is 9.59 Å². The molecule has 1 aliphatic heterocycles. The van der Waals surface area contributed by atoms with Crippen molar-refractivity contribution in [1.29, 1.82) is 0 Å². The van der Waals surface area contributed by atoms with Gasteiger partial charge in [0.15, 0.2) is 0 Å². The number of hydrogen-bond acceptors (Lipinski definition) is 3. The zero-order valence-electron chi connectivity index (χ0n) is 12.5. The maximum atomic E-state index is 12.9. The lowest BCUT2D eigenvalue weighted by atomic mass is 9.73. The van der Waals surface area contributed by atoms with Gasteiger partial charge in [0, 0.05) is 13.0 Å². The molecular formula is C17H22N2O2. The van der Waals surface area contributed by atoms with Crippen molar-refractivity contribution in [2.75, 3.05) is 4.90 Å². The largest absolute Gasteiger partial charge is 0.326 e. The van der Waals surface area contributed by atoms with Crippen LogP contribution in [0.3, 0.4) is 0 Å². The fraction of sp³-hybridized carbons (Fsp3) is 0.529. The SMILES string of the molecule is Cc1cccc(N2C(=O)CC3(CCCCC3)C2=O)c1CN. The lowest BCUT2D eigenvalue weighted by Gasteiger charge is -2.31. The van der Waals surface area contributed by atoms with Crippen LogP contribution in [0.2, 0.25) is 0 Å². The van der Waals surface area contributed by atoms with E-state index < -0.39 is 5.41 Å². The molecule has 4 heteroatoms. The van der Waals surface area contributed by atoms with Crippen LogP contribution in [0, 0.1) is 12.3 Å². The van der Waals surface area contributed by atoms with Crippen LogP contribution in [0.5, 0.6) is 0 Å². The Balaban J connectivity index is 2.02. The maximum Gasteiger partial charge on any atom is 0.240 e. The average molecular weight is 286 g/mol. The van der Waals surface area contributed by atoms with Crippen LogP contribution in [-0.2, 0) is 16.1 Å². The Kier molecular flexibility index (Phi) is 3.57. The smallest absolute Gasteiger partial charge is 0.240 e. The Morgan fingerprint density at radius 3 is 2.57 bits per heavy atom. The maximum absolute atomic E-state index is 12.9. The van der Waals surface area contributed by atoms with Gasteiger partial charge in [-0.2, -0.15) is 0 Å². The van der Waals surface area contributed by atoms with E-state index in [9.17, 15) is 9.59 Å². The van der Waals surface area contributed by atoms with Gasteiger partial charge < -0.3 is 5.73 Å². The number of imide groups is 1. The van der Waals surface area contributed by atoms with Gasteiger partial charge in [-0.1, -0.05) is 31.4 Å². The summed E-state index contributed by atoms with van der Waals surface area (Å²) in [7, 11) is 0. The molecule has 1 aromatic carbocycles. The number of amides is 2. The number of rotatable bonds is 2. The van der Waals surface area contributed by atoms with Crippen molar-refractivity contribution in [2.24, 2.45) is 11.1 Å². The fourth-order valence-corrected chi connectivity index (χ4v) is 3.82. The molecule has 1 saturated heterocycles. The number of benzene rings is 1. The van der Waals surface area contributed by atoms with Crippen molar-refractivity contribution in [1.82, 2.24) is 0 Å². The summed E-state index contributed by atoms with van der Waals surface area (Å²) in [5.74, 6) is -0.0744. The molecule has 1 heterocycles. The molecule has 4 nitrogen and oxygen atoms in total. The Labute approximate surface area is 125 Å². The predicted octanol–water partition coefficient (Wildman–Crippen LogP) is 2.67. The summed E-state index contributed by atoms with van der Waals surface area (Å²) in [6, 6.07) is 5.69. The van der Waals surface area contributed by atoms with Gasteiger partial charge in [-0.05, 0) is 37.0 Å². The van der Waals surface area contributed by atoms with Crippen LogP contribution in [-0.4, -0.2) is 11.8 Å². The van der Waals surface area contributed by atoms with E-state index in [0.29, 0.717) is 18.7 Å². The van der Waals surface area contributed by atoms with E-state index in [0.717, 1.165) is 36.8 Å². The molecule has 1 aromatic rings. The molecule has 1 spiro atoms. The van der Waals surface area contributed by atoms with E-state index in [4.69, 9.17) is 5.73 Å². The average Bonchev–Trinajstić information content (AvgIpc) is 2.70. The molecule has 0 atom stereocenters. The Morgan fingerprint density at radius 1 is 1.19 bits per heavy atom. The van der Waals surface area contributed by atoms with Crippen LogP contribution in [0.15, 0.2) is 18.2 Å². The summed E-state index contributed by atoms with van der Waals surface area (Å²) in [6.07, 6.45) is 5.32. The topological polar surface area (TPSA) is 63.4 Å². The number of anilines is 1. The molecule has 1 saturated carbocycles. The number of nitrogens with zero attached hydrogens (tertiary/aromatic N) is 1. The molecule has 2 amide bonds. The summed E-state index contributed by atoms with van der Waals surface area (Å²) < 4.78 is 0. The van der Waals surface area contributed by atoms with Crippen LogP contribution < -0.4 is 10.6 Å². The number of hydrogen-bond donors (Lipinski definition) is 1. The van der Waals surface area contributed by atoms with E-state index >= 15 is 0 Å². The molecule has 21 heavy (non-hydrogen) atoms. The Hall–Kier alpha value is -1.68. The van der Waals surface area contributed by atoms with Crippen molar-refractivity contribution >= 4 is 17.5 Å². The summed E-state index contributed by atoms with van der Waals surface area (Å²) in [5.41, 5.74) is 8.00. The van der Waals surface area contributed by atoms with E-state index in [1.807, 2.05) is 25.1 Å². The highest BCUT2D eigenvalue weighted by molar-refractivity contribution is 6.23. The summed E-state index contributed by atoms with van der Waals surface area (Å²) in [4.78, 5) is 26.8. The van der Waals surface area contributed by atoms with Gasteiger partial charge in [0.1, 0.15) is 0 Å². The van der Waals surface area contributed by atoms with Gasteiger partial charge in [-0.15, -0.1) is 0 Å². The van der Waals surface area contributed by atoms with Crippen molar-refractivity contribution in [2.45, 2.75) is 52.0 Å². The summed E-state index contributed by atoms with van der Waals surface area (Å²) in [5, 5.41) is 0. The third kappa shape index (κ3) is 2.18. The molecular weight excluding hydrogens is 264 g/mol. The zero-order chi connectivity index (χ0) is 15.0. The van der Waals surface area contributed by atoms with Crippen LogP contribution >= 0.6 is 0 Å². The van der Waals surface area contributed by atoms with Gasteiger partial charge in [0.25, 0.3) is 0 Å². The number of aryl methyl sites for hydroxylation is 1. The number of carbonyl (C=O) groups is 2. The third-order valence-corrected chi connectivity index (χ3v) is 5.04. The van der Waals surface area contributed by atoms with Crippen molar-refractivity contribution in [3.8, 4) is 0 Å². The molecule has 2 N–H and O–H groups in total. The second kappa shape index (κ2) is 5.26. The molecule has 2 aliphatic rings. The Morgan fingerprint density at radius 2 is 1.90 bits per heavy atom. The molecule has 2 fully saturated rings. The molecule has 0 aromatic heterocycles. The van der Waals surface area contributed by atoms with Gasteiger partial charge in [0.2, 0.25) is 11.8 Å². The third-order valence-electron chi connectivity index (χ3n) is 5.04. The van der Waals surface area contributed by atoms with E-state index in [-0.39, 0.29) is 11.8 Å². The van der Waals surface area contributed by atoms with Gasteiger partial charge >= 0.3 is 0 Å². The minimum absolute atomic E-state index is 0.00694. The molecule has 112 valence electrons. The first-order chi connectivity index (χ1) is 10.1. The van der Waals surface area contributed by atoms with Gasteiger partial charge in [0.05, 0.1) is 11.1 Å². The Bertz CT molecular complexity index is 588. The first kappa shape index (κ1) is 14.3. The quantitative estimate of drug-likeness (QED) is 0.850. The molecule has 0 bridgehead atoms. The van der Waals surface area contributed by atoms with Crippen molar-refractivity contribution < 1.29 is 9.59 Å². The second-order valence-electron chi connectivity index (χ2n) is 6.33. The van der Waals surface area contributed by atoms with Crippen molar-refractivity contribution in [3.05, 3.63) is 29.3 Å². The van der Waals surface area contributed by atoms with Crippen molar-refractivity contribution in [3.63, 3.8) is 0 Å². The lowest BCUT2D eigenvalue weighted by molar-refractivity contribution is -0.127. The first-order valence-corrected chi connectivity index (χ1v) is 7.75. The summed E-state index contributed by atoms with van der Waals surface area (Å²) >= 11 is 0. The van der Waals surface area contributed by atoms with E-state index in [1.165, 1.54) is 11.3 Å². The molecule has 1 aliphatic carbocycles. The van der Waals surface area contributed by atoms with Crippen LogP contribution in [0.4, 0.5) is 5.69 Å². The molecule has 0 unspecified atom stereocenters. The van der Waals surface area contributed by atoms with Gasteiger partial charge in [-0.25, -0.2) is 4.90 Å². The molecule has 3 rings (SSSR count). The second-order valence-corrected chi connectivity index (χ2v) is 6.33. The number of nitrogens with two attached hydrogens (primary N) is 1. The highest BCUT2D eigenvalue weighted by Crippen LogP contribution is 2.47. The monoisotopic (exact) mass is 286 g/mol. The minimum Gasteiger partial charge on any atom is -0.326 e. The van der Waals surface area contributed by atoms with Crippen LogP contribution in [0.25, 0.3) is 0 Å². The standard InChI is InChI=1S/C17H22N2O2/c1-12-6-5-7-14(13(12)11-18)19-15(20)10-17(16(19)21)8-3-2-4-9-17/h5-7H,2-4,8-11,18H2,1H3. The highest BCUT2D eigenvalue weighted by atomic mass is 16.2. The number of carbonyl (C=O) groups excluding carboxylic acids is 2. The zero-order valence-corrected chi connectivity index (χ0v) is 12.5. The van der Waals surface area contributed by atoms with E-state index in [2.05, 4.69) is 0 Å². The highest BCUT2D eigenvalue weighted by Gasteiger charge is 2.52. The minimum atomic E-state index is -0.440. The fourth-order valence-electron chi connectivity index (χ4n) is 3.82. The lowest BCUT2D eigenvalue weighted by Crippen LogP contribution is -2.37. The molecule has 0 radical (unpaired) electrons. The van der Waals surface area contributed by atoms with Crippen LogP contribution in [0.1, 0.15) is 49.7 Å². The predicted molar refractivity (Wildman–Crippen MR) is 81.7 cm³/mol. The first-order valence-electron chi connectivity index (χ1n) is 7.75. The normalized spacial score (nSPS) is 21.3. The summed E-state index contributed by atoms with van der Waals surface area (Å²) in [6.45, 7) is 2.30.